The Morgan fingerprint density at radius 3 is 2.71 bits per heavy atom. The molecule has 0 bridgehead atoms. The molecule has 21 heavy (non-hydrogen) atoms. The fraction of sp³-hybridized carbons (Fsp3) is 0.250. The third-order valence-corrected chi connectivity index (χ3v) is 2.87. The van der Waals surface area contributed by atoms with Crippen LogP contribution < -0.4 is 15.4 Å². The van der Waals surface area contributed by atoms with Gasteiger partial charge < -0.3 is 15.4 Å². The van der Waals surface area contributed by atoms with E-state index in [1.54, 1.807) is 12.4 Å². The van der Waals surface area contributed by atoms with Gasteiger partial charge in [-0.05, 0) is 36.8 Å². The molecule has 110 valence electrons. The van der Waals surface area contributed by atoms with Gasteiger partial charge in [0.05, 0.1) is 18.8 Å². The van der Waals surface area contributed by atoms with Crippen molar-refractivity contribution in [1.29, 1.82) is 0 Å². The first-order valence-electron chi connectivity index (χ1n) is 6.91. The zero-order valence-electron chi connectivity index (χ0n) is 12.0. The van der Waals surface area contributed by atoms with Gasteiger partial charge >= 0.3 is 0 Å². The number of rotatable bonds is 7. The first kappa shape index (κ1) is 14.8. The van der Waals surface area contributed by atoms with Gasteiger partial charge in [0, 0.05) is 18.9 Å². The molecular weight excluding hydrogens is 266 g/mol. The van der Waals surface area contributed by atoms with Crippen LogP contribution in [-0.2, 0) is 11.3 Å². The second-order valence-corrected chi connectivity index (χ2v) is 4.41. The number of amides is 1. The number of nitrogens with zero attached hydrogens (tertiary/aromatic N) is 1. The smallest absolute Gasteiger partial charge is 0.239 e. The molecule has 0 saturated heterocycles. The van der Waals surface area contributed by atoms with Crippen molar-refractivity contribution in [2.75, 3.05) is 18.5 Å². The van der Waals surface area contributed by atoms with Gasteiger partial charge in [-0.3, -0.25) is 9.78 Å². The Balaban J connectivity index is 1.81. The molecule has 0 aliphatic rings. The number of para-hydroxylation sites is 2. The van der Waals surface area contributed by atoms with E-state index in [0.29, 0.717) is 13.2 Å². The third kappa shape index (κ3) is 4.80. The number of hydrogen-bond donors (Lipinski definition) is 2. The van der Waals surface area contributed by atoms with E-state index >= 15 is 0 Å². The molecule has 5 nitrogen and oxygen atoms in total. The second kappa shape index (κ2) is 7.89. The summed E-state index contributed by atoms with van der Waals surface area (Å²) in [4.78, 5) is 15.8. The van der Waals surface area contributed by atoms with Crippen LogP contribution in [0.1, 0.15) is 12.5 Å². The molecule has 5 heteroatoms. The first-order valence-corrected chi connectivity index (χ1v) is 6.91. The van der Waals surface area contributed by atoms with Crippen molar-refractivity contribution in [2.45, 2.75) is 13.5 Å². The summed E-state index contributed by atoms with van der Waals surface area (Å²) in [5.41, 5.74) is 1.84. The van der Waals surface area contributed by atoms with E-state index in [1.807, 2.05) is 43.3 Å². The highest BCUT2D eigenvalue weighted by Crippen LogP contribution is 2.23. The lowest BCUT2D eigenvalue weighted by molar-refractivity contribution is -0.119. The van der Waals surface area contributed by atoms with E-state index in [2.05, 4.69) is 15.6 Å². The van der Waals surface area contributed by atoms with Gasteiger partial charge in [-0.2, -0.15) is 0 Å². The molecule has 1 aromatic carbocycles. The maximum Gasteiger partial charge on any atom is 0.239 e. The molecule has 0 spiro atoms. The average molecular weight is 285 g/mol. The standard InChI is InChI=1S/C16H19N3O2/c1-2-21-15-6-4-3-5-14(15)18-12-16(20)19-11-13-7-9-17-10-8-13/h3-10,18H,2,11-12H2,1H3,(H,19,20). The van der Waals surface area contributed by atoms with Crippen LogP contribution in [-0.4, -0.2) is 24.0 Å². The maximum absolute atomic E-state index is 11.8. The highest BCUT2D eigenvalue weighted by Gasteiger charge is 2.05. The van der Waals surface area contributed by atoms with E-state index in [-0.39, 0.29) is 12.5 Å². The summed E-state index contributed by atoms with van der Waals surface area (Å²) in [5, 5.41) is 5.94. The van der Waals surface area contributed by atoms with Crippen LogP contribution in [0, 0.1) is 0 Å². The van der Waals surface area contributed by atoms with Crippen LogP contribution in [0.5, 0.6) is 5.75 Å². The van der Waals surface area contributed by atoms with E-state index in [0.717, 1.165) is 17.0 Å². The molecule has 1 heterocycles. The first-order chi connectivity index (χ1) is 10.3. The van der Waals surface area contributed by atoms with E-state index in [4.69, 9.17) is 4.74 Å². The summed E-state index contributed by atoms with van der Waals surface area (Å²) in [6, 6.07) is 11.3. The lowest BCUT2D eigenvalue weighted by Crippen LogP contribution is -2.29. The molecule has 0 aliphatic carbocycles. The molecule has 1 amide bonds. The Morgan fingerprint density at radius 2 is 1.95 bits per heavy atom. The molecule has 0 radical (unpaired) electrons. The van der Waals surface area contributed by atoms with Crippen LogP contribution in [0.25, 0.3) is 0 Å². The molecule has 0 aliphatic heterocycles. The Morgan fingerprint density at radius 1 is 1.19 bits per heavy atom. The van der Waals surface area contributed by atoms with Gasteiger partial charge in [-0.25, -0.2) is 0 Å². The van der Waals surface area contributed by atoms with Crippen LogP contribution in [0.15, 0.2) is 48.8 Å². The molecule has 2 aromatic rings. The predicted molar refractivity (Wildman–Crippen MR) is 82.2 cm³/mol. The van der Waals surface area contributed by atoms with Crippen molar-refractivity contribution in [3.8, 4) is 5.75 Å². The summed E-state index contributed by atoms with van der Waals surface area (Å²) in [5.74, 6) is 0.681. The number of nitrogens with one attached hydrogen (secondary N) is 2. The number of pyridine rings is 1. The highest BCUT2D eigenvalue weighted by atomic mass is 16.5. The summed E-state index contributed by atoms with van der Waals surface area (Å²) >= 11 is 0. The number of carbonyl (C=O) groups is 1. The van der Waals surface area contributed by atoms with E-state index < -0.39 is 0 Å². The van der Waals surface area contributed by atoms with Crippen LogP contribution in [0.2, 0.25) is 0 Å². The molecule has 0 saturated carbocycles. The van der Waals surface area contributed by atoms with Gasteiger partial charge in [0.15, 0.2) is 0 Å². The Labute approximate surface area is 124 Å². The molecule has 0 unspecified atom stereocenters. The Kier molecular flexibility index (Phi) is 5.58. The zero-order valence-corrected chi connectivity index (χ0v) is 12.0. The van der Waals surface area contributed by atoms with Crippen molar-refractivity contribution < 1.29 is 9.53 Å². The van der Waals surface area contributed by atoms with Gasteiger partial charge in [0.2, 0.25) is 5.91 Å². The molecule has 0 fully saturated rings. The molecule has 2 rings (SSSR count). The Hall–Kier alpha value is -2.56. The highest BCUT2D eigenvalue weighted by molar-refractivity contribution is 5.81. The molecular formula is C16H19N3O2. The monoisotopic (exact) mass is 285 g/mol. The molecule has 1 aromatic heterocycles. The minimum Gasteiger partial charge on any atom is -0.492 e. The van der Waals surface area contributed by atoms with Crippen LogP contribution >= 0.6 is 0 Å². The van der Waals surface area contributed by atoms with Crippen molar-refractivity contribution in [3.05, 3.63) is 54.4 Å². The molecule has 2 N–H and O–H groups in total. The molecule has 0 atom stereocenters. The van der Waals surface area contributed by atoms with Gasteiger partial charge in [0.25, 0.3) is 0 Å². The van der Waals surface area contributed by atoms with Crippen molar-refractivity contribution in [2.24, 2.45) is 0 Å². The number of anilines is 1. The van der Waals surface area contributed by atoms with Gasteiger partial charge in [-0.15, -0.1) is 0 Å². The maximum atomic E-state index is 11.8. The van der Waals surface area contributed by atoms with Crippen molar-refractivity contribution in [1.82, 2.24) is 10.3 Å². The van der Waals surface area contributed by atoms with E-state index in [1.165, 1.54) is 0 Å². The average Bonchev–Trinajstić information content (AvgIpc) is 2.53. The van der Waals surface area contributed by atoms with Crippen LogP contribution in [0.4, 0.5) is 5.69 Å². The van der Waals surface area contributed by atoms with Gasteiger partial charge in [0.1, 0.15) is 5.75 Å². The van der Waals surface area contributed by atoms with Gasteiger partial charge in [-0.1, -0.05) is 12.1 Å². The topological polar surface area (TPSA) is 63.2 Å². The largest absolute Gasteiger partial charge is 0.492 e. The normalized spacial score (nSPS) is 9.95. The van der Waals surface area contributed by atoms with Crippen molar-refractivity contribution in [3.63, 3.8) is 0 Å². The number of benzene rings is 1. The quantitative estimate of drug-likeness (QED) is 0.818. The second-order valence-electron chi connectivity index (χ2n) is 4.41. The van der Waals surface area contributed by atoms with Crippen molar-refractivity contribution >= 4 is 11.6 Å². The minimum atomic E-state index is -0.0712. The SMILES string of the molecule is CCOc1ccccc1NCC(=O)NCc1ccncc1. The fourth-order valence-electron chi connectivity index (χ4n) is 1.83. The lowest BCUT2D eigenvalue weighted by atomic mass is 10.2. The number of ether oxygens (including phenoxy) is 1. The summed E-state index contributed by atoms with van der Waals surface area (Å²) < 4.78 is 5.50. The minimum absolute atomic E-state index is 0.0712. The zero-order chi connectivity index (χ0) is 14.9. The van der Waals surface area contributed by atoms with E-state index in [9.17, 15) is 4.79 Å². The number of hydrogen-bond acceptors (Lipinski definition) is 4. The number of carbonyl (C=O) groups excluding carboxylic acids is 1. The lowest BCUT2D eigenvalue weighted by Gasteiger charge is -2.12. The summed E-state index contributed by atoms with van der Waals surface area (Å²) in [6.07, 6.45) is 3.41. The van der Waals surface area contributed by atoms with Crippen LogP contribution in [0.3, 0.4) is 0 Å². The fourth-order valence-corrected chi connectivity index (χ4v) is 1.83. The Bertz CT molecular complexity index is 573. The predicted octanol–water partition coefficient (Wildman–Crippen LogP) is 2.21. The third-order valence-electron chi connectivity index (χ3n) is 2.87. The number of aromatic nitrogens is 1. The summed E-state index contributed by atoms with van der Waals surface area (Å²) in [6.45, 7) is 3.22. The summed E-state index contributed by atoms with van der Waals surface area (Å²) in [7, 11) is 0.